The Hall–Kier alpha value is -3.69. The lowest BCUT2D eigenvalue weighted by Gasteiger charge is -2.20. The number of fused-ring (bicyclic) bond motifs is 1. The van der Waals surface area contributed by atoms with Crippen LogP contribution >= 0.6 is 23.2 Å². The predicted octanol–water partition coefficient (Wildman–Crippen LogP) is 6.93. The van der Waals surface area contributed by atoms with Gasteiger partial charge in [-0.25, -0.2) is 13.2 Å². The number of aromatic amines is 1. The van der Waals surface area contributed by atoms with Gasteiger partial charge in [0, 0.05) is 46.1 Å². The Bertz CT molecular complexity index is 1810. The maximum atomic E-state index is 13.4. The summed E-state index contributed by atoms with van der Waals surface area (Å²) in [6.07, 6.45) is 0.608. The standard InChI is InChI=1S/C31H25Cl2N3O4S/c32-24-9-4-19(5-10-24)29(20-6-11-25(33)12-7-20)21-8-13-28-27(17-21)30(35-34-28)23-14-15-36(18-23)41(39,40)26-3-1-2-22(16-26)31(37)38/h1-13,16-17,23,29H,14-15,18H2,(H,34,35)(H,37,38). The van der Waals surface area contributed by atoms with Gasteiger partial charge >= 0.3 is 5.97 Å². The number of nitrogens with one attached hydrogen (secondary N) is 1. The average Bonchev–Trinajstić information content (AvgIpc) is 3.63. The summed E-state index contributed by atoms with van der Waals surface area (Å²) < 4.78 is 28.2. The fraction of sp³-hybridized carbons (Fsp3) is 0.161. The summed E-state index contributed by atoms with van der Waals surface area (Å²) in [5, 5.41) is 19.2. The van der Waals surface area contributed by atoms with E-state index < -0.39 is 16.0 Å². The van der Waals surface area contributed by atoms with Crippen molar-refractivity contribution >= 4 is 50.1 Å². The van der Waals surface area contributed by atoms with Gasteiger partial charge in [-0.3, -0.25) is 5.10 Å². The third-order valence-corrected chi connectivity index (χ3v) is 9.99. The molecule has 5 aromatic rings. The molecule has 0 spiro atoms. The van der Waals surface area contributed by atoms with E-state index in [-0.39, 0.29) is 28.8 Å². The number of nitrogens with zero attached hydrogens (tertiary/aromatic N) is 2. The highest BCUT2D eigenvalue weighted by atomic mass is 35.5. The van der Waals surface area contributed by atoms with Crippen molar-refractivity contribution in [1.29, 1.82) is 0 Å². The molecule has 2 N–H and O–H groups in total. The van der Waals surface area contributed by atoms with Gasteiger partial charge in [-0.1, -0.05) is 59.6 Å². The molecule has 2 heterocycles. The molecule has 1 fully saturated rings. The number of H-pyrrole nitrogens is 1. The number of hydrogen-bond donors (Lipinski definition) is 2. The van der Waals surface area contributed by atoms with Crippen LogP contribution in [0.15, 0.2) is 95.9 Å². The molecule has 1 aliphatic heterocycles. The zero-order valence-corrected chi connectivity index (χ0v) is 24.0. The van der Waals surface area contributed by atoms with E-state index in [4.69, 9.17) is 23.2 Å². The Morgan fingerprint density at radius 2 is 1.54 bits per heavy atom. The molecule has 1 saturated heterocycles. The summed E-state index contributed by atoms with van der Waals surface area (Å²) in [4.78, 5) is 11.4. The van der Waals surface area contributed by atoms with Crippen molar-refractivity contribution in [1.82, 2.24) is 14.5 Å². The van der Waals surface area contributed by atoms with Gasteiger partial charge in [0.15, 0.2) is 0 Å². The molecule has 1 aromatic heterocycles. The number of aromatic carboxylic acids is 1. The van der Waals surface area contributed by atoms with Crippen molar-refractivity contribution in [3.8, 4) is 0 Å². The van der Waals surface area contributed by atoms with Crippen LogP contribution in [-0.2, 0) is 10.0 Å². The number of hydrogen-bond acceptors (Lipinski definition) is 4. The van der Waals surface area contributed by atoms with Gasteiger partial charge in [0.25, 0.3) is 0 Å². The third kappa shape index (κ3) is 5.36. The number of rotatable bonds is 7. The molecule has 6 rings (SSSR count). The van der Waals surface area contributed by atoms with E-state index in [1.54, 1.807) is 0 Å². The summed E-state index contributed by atoms with van der Waals surface area (Å²) >= 11 is 12.4. The van der Waals surface area contributed by atoms with Crippen LogP contribution in [0.1, 0.15) is 51.0 Å². The average molecular weight is 607 g/mol. The first-order valence-corrected chi connectivity index (χ1v) is 15.2. The van der Waals surface area contributed by atoms with Crippen LogP contribution in [0.4, 0.5) is 0 Å². The maximum Gasteiger partial charge on any atom is 0.335 e. The van der Waals surface area contributed by atoms with Crippen LogP contribution in [0.25, 0.3) is 10.9 Å². The zero-order chi connectivity index (χ0) is 28.7. The monoisotopic (exact) mass is 605 g/mol. The van der Waals surface area contributed by atoms with E-state index in [9.17, 15) is 18.3 Å². The third-order valence-electron chi connectivity index (χ3n) is 7.63. The summed E-state index contributed by atoms with van der Waals surface area (Å²) in [6.45, 7) is 0.585. The Morgan fingerprint density at radius 3 is 2.17 bits per heavy atom. The largest absolute Gasteiger partial charge is 0.478 e. The fourth-order valence-corrected chi connectivity index (χ4v) is 7.35. The summed E-state index contributed by atoms with van der Waals surface area (Å²) in [5.41, 5.74) is 4.81. The van der Waals surface area contributed by atoms with Crippen molar-refractivity contribution in [3.63, 3.8) is 0 Å². The van der Waals surface area contributed by atoms with Gasteiger partial charge in [0.2, 0.25) is 10.0 Å². The van der Waals surface area contributed by atoms with Crippen molar-refractivity contribution in [3.05, 3.63) is 129 Å². The van der Waals surface area contributed by atoms with Gasteiger partial charge < -0.3 is 5.11 Å². The van der Waals surface area contributed by atoms with Crippen LogP contribution in [0.5, 0.6) is 0 Å². The van der Waals surface area contributed by atoms with E-state index in [1.807, 2.05) is 54.6 Å². The van der Waals surface area contributed by atoms with Crippen LogP contribution in [0, 0.1) is 0 Å². The second-order valence-electron chi connectivity index (χ2n) is 10.1. The second kappa shape index (κ2) is 10.9. The summed E-state index contributed by atoms with van der Waals surface area (Å²) in [5.74, 6) is -1.35. The minimum Gasteiger partial charge on any atom is -0.478 e. The molecule has 0 amide bonds. The number of halogens is 2. The van der Waals surface area contributed by atoms with E-state index in [0.29, 0.717) is 23.0 Å². The fourth-order valence-electron chi connectivity index (χ4n) is 5.55. The highest BCUT2D eigenvalue weighted by molar-refractivity contribution is 7.89. The van der Waals surface area contributed by atoms with Crippen molar-refractivity contribution in [2.24, 2.45) is 0 Å². The Balaban J connectivity index is 1.34. The minimum atomic E-state index is -3.86. The molecule has 1 atom stereocenters. The molecule has 0 aliphatic carbocycles. The van der Waals surface area contributed by atoms with Crippen LogP contribution in [0.3, 0.4) is 0 Å². The van der Waals surface area contributed by atoms with Gasteiger partial charge in [-0.05, 0) is 77.7 Å². The molecule has 7 nitrogen and oxygen atoms in total. The number of carboxylic acid groups (broad SMARTS) is 1. The number of carbonyl (C=O) groups is 1. The van der Waals surface area contributed by atoms with E-state index in [2.05, 4.69) is 22.3 Å². The lowest BCUT2D eigenvalue weighted by Crippen LogP contribution is -2.28. The zero-order valence-electron chi connectivity index (χ0n) is 21.7. The van der Waals surface area contributed by atoms with Gasteiger partial charge in [-0.2, -0.15) is 9.40 Å². The van der Waals surface area contributed by atoms with E-state index >= 15 is 0 Å². The lowest BCUT2D eigenvalue weighted by molar-refractivity contribution is 0.0696. The molecule has 1 unspecified atom stereocenters. The molecule has 0 radical (unpaired) electrons. The summed E-state index contributed by atoms with van der Waals surface area (Å²) in [6, 6.07) is 27.2. The molecule has 208 valence electrons. The normalized spacial score (nSPS) is 16.0. The SMILES string of the molecule is O=C(O)c1cccc(S(=O)(=O)N2CCC(c3[nH]nc4ccc(C(c5ccc(Cl)cc5)c5ccc(Cl)cc5)cc34)C2)c1. The predicted molar refractivity (Wildman–Crippen MR) is 159 cm³/mol. The van der Waals surface area contributed by atoms with E-state index in [0.717, 1.165) is 33.3 Å². The van der Waals surface area contributed by atoms with Crippen molar-refractivity contribution in [2.45, 2.75) is 23.2 Å². The second-order valence-corrected chi connectivity index (χ2v) is 12.9. The molecule has 1 aliphatic rings. The molecular weight excluding hydrogens is 581 g/mol. The lowest BCUT2D eigenvalue weighted by atomic mass is 9.84. The molecule has 41 heavy (non-hydrogen) atoms. The quantitative estimate of drug-likeness (QED) is 0.196. The first-order chi connectivity index (χ1) is 19.7. The minimum absolute atomic E-state index is 0.0245. The van der Waals surface area contributed by atoms with E-state index in [1.165, 1.54) is 28.6 Å². The molecular formula is C31H25Cl2N3O4S. The maximum absolute atomic E-state index is 13.4. The smallest absolute Gasteiger partial charge is 0.335 e. The Morgan fingerprint density at radius 1 is 0.902 bits per heavy atom. The topological polar surface area (TPSA) is 103 Å². The van der Waals surface area contributed by atoms with Gasteiger partial charge in [-0.15, -0.1) is 0 Å². The Kier molecular flexibility index (Phi) is 7.34. The molecule has 10 heteroatoms. The van der Waals surface area contributed by atoms with Crippen LogP contribution < -0.4 is 0 Å². The van der Waals surface area contributed by atoms with Gasteiger partial charge in [0.1, 0.15) is 0 Å². The van der Waals surface area contributed by atoms with Crippen LogP contribution in [0.2, 0.25) is 10.0 Å². The van der Waals surface area contributed by atoms with Crippen LogP contribution in [-0.4, -0.2) is 47.1 Å². The first-order valence-electron chi connectivity index (χ1n) is 13.0. The number of benzene rings is 4. The van der Waals surface area contributed by atoms with Gasteiger partial charge in [0.05, 0.1) is 16.0 Å². The Labute approximate surface area is 247 Å². The first kappa shape index (κ1) is 27.5. The van der Waals surface area contributed by atoms with Crippen molar-refractivity contribution in [2.75, 3.05) is 13.1 Å². The highest BCUT2D eigenvalue weighted by Crippen LogP contribution is 2.38. The summed E-state index contributed by atoms with van der Waals surface area (Å²) in [7, 11) is -3.86. The van der Waals surface area contributed by atoms with Crippen molar-refractivity contribution < 1.29 is 18.3 Å². The molecule has 4 aromatic carbocycles. The molecule has 0 bridgehead atoms. The molecule has 0 saturated carbocycles. The number of sulfonamides is 1. The number of aromatic nitrogens is 2. The highest BCUT2D eigenvalue weighted by Gasteiger charge is 2.35. The number of carboxylic acids is 1.